The molecule has 2 rings (SSSR count). The molecule has 0 radical (unpaired) electrons. The summed E-state index contributed by atoms with van der Waals surface area (Å²) in [5.41, 5.74) is 0. The van der Waals surface area contributed by atoms with Gasteiger partial charge in [0.25, 0.3) is 5.91 Å². The van der Waals surface area contributed by atoms with Crippen molar-refractivity contribution in [1.29, 1.82) is 0 Å². The van der Waals surface area contributed by atoms with Crippen molar-refractivity contribution < 1.29 is 18.3 Å². The van der Waals surface area contributed by atoms with E-state index < -0.39 is 9.84 Å². The monoisotopic (exact) mass is 299 g/mol. The van der Waals surface area contributed by atoms with Crippen LogP contribution >= 0.6 is 11.3 Å². The Bertz CT molecular complexity index is 636. The quantitative estimate of drug-likeness (QED) is 0.754. The second kappa shape index (κ2) is 5.74. The summed E-state index contributed by atoms with van der Waals surface area (Å²) in [5, 5.41) is 11.3. The molecule has 7 heteroatoms. The highest BCUT2D eigenvalue weighted by Gasteiger charge is 2.29. The standard InChI is InChI=1S/C12H13NO4S2/c14-6-1-2-10-3-4-11(18-10)12(15)13-9-5-7-19(16,17)8-9/h3-4,9,14H,5-8H2,(H,13,15). The molecule has 1 saturated heterocycles. The van der Waals surface area contributed by atoms with Crippen LogP contribution < -0.4 is 5.32 Å². The summed E-state index contributed by atoms with van der Waals surface area (Å²) in [6.45, 7) is -0.223. The lowest BCUT2D eigenvalue weighted by atomic mass is 10.2. The second-order valence-electron chi connectivity index (χ2n) is 4.20. The predicted octanol–water partition coefficient (Wildman–Crippen LogP) is 0.00880. The first-order valence-electron chi connectivity index (χ1n) is 5.71. The van der Waals surface area contributed by atoms with Gasteiger partial charge in [-0.2, -0.15) is 0 Å². The van der Waals surface area contributed by atoms with Gasteiger partial charge in [0.15, 0.2) is 9.84 Å². The summed E-state index contributed by atoms with van der Waals surface area (Å²) < 4.78 is 22.6. The zero-order chi connectivity index (χ0) is 13.9. The van der Waals surface area contributed by atoms with Crippen LogP contribution in [0.4, 0.5) is 0 Å². The number of carbonyl (C=O) groups excluding carboxylic acids is 1. The van der Waals surface area contributed by atoms with Crippen molar-refractivity contribution in [3.63, 3.8) is 0 Å². The van der Waals surface area contributed by atoms with Gasteiger partial charge in [0.2, 0.25) is 0 Å². The Morgan fingerprint density at radius 2 is 2.32 bits per heavy atom. The van der Waals surface area contributed by atoms with Gasteiger partial charge in [0.05, 0.1) is 21.3 Å². The van der Waals surface area contributed by atoms with Crippen molar-refractivity contribution in [3.05, 3.63) is 21.9 Å². The summed E-state index contributed by atoms with van der Waals surface area (Å²) >= 11 is 1.22. The lowest BCUT2D eigenvalue weighted by Gasteiger charge is -2.08. The maximum Gasteiger partial charge on any atom is 0.261 e. The largest absolute Gasteiger partial charge is 0.384 e. The van der Waals surface area contributed by atoms with Gasteiger partial charge in [-0.1, -0.05) is 11.8 Å². The van der Waals surface area contributed by atoms with Gasteiger partial charge in [-0.3, -0.25) is 4.79 Å². The third-order valence-electron chi connectivity index (χ3n) is 2.69. The topological polar surface area (TPSA) is 83.5 Å². The molecule has 1 fully saturated rings. The number of rotatable bonds is 2. The molecule has 102 valence electrons. The van der Waals surface area contributed by atoms with E-state index in [0.29, 0.717) is 16.2 Å². The number of hydrogen-bond acceptors (Lipinski definition) is 5. The molecule has 1 aromatic heterocycles. The van der Waals surface area contributed by atoms with Crippen LogP contribution in [0.2, 0.25) is 0 Å². The first-order chi connectivity index (χ1) is 9.00. The number of carbonyl (C=O) groups is 1. The number of thiophene rings is 1. The Morgan fingerprint density at radius 3 is 2.95 bits per heavy atom. The lowest BCUT2D eigenvalue weighted by Crippen LogP contribution is -2.35. The van der Waals surface area contributed by atoms with E-state index in [0.717, 1.165) is 0 Å². The summed E-state index contributed by atoms with van der Waals surface area (Å²) in [7, 11) is -2.99. The lowest BCUT2D eigenvalue weighted by molar-refractivity contribution is 0.0945. The van der Waals surface area contributed by atoms with Crippen LogP contribution in [0.1, 0.15) is 21.0 Å². The van der Waals surface area contributed by atoms with E-state index in [2.05, 4.69) is 17.2 Å². The SMILES string of the molecule is O=C(NC1CCS(=O)(=O)C1)c1ccc(C#CCO)s1. The Hall–Kier alpha value is -1.36. The minimum absolute atomic E-state index is 0.0152. The third-order valence-corrected chi connectivity index (χ3v) is 5.46. The minimum atomic E-state index is -2.99. The molecular formula is C12H13NO4S2. The highest BCUT2D eigenvalue weighted by atomic mass is 32.2. The van der Waals surface area contributed by atoms with Gasteiger partial charge >= 0.3 is 0 Å². The van der Waals surface area contributed by atoms with Crippen molar-refractivity contribution in [2.24, 2.45) is 0 Å². The molecule has 1 aliphatic rings. The number of sulfone groups is 1. The smallest absolute Gasteiger partial charge is 0.261 e. The third kappa shape index (κ3) is 3.80. The molecule has 2 N–H and O–H groups in total. The van der Waals surface area contributed by atoms with Gasteiger partial charge in [-0.15, -0.1) is 11.3 Å². The number of aliphatic hydroxyl groups excluding tert-OH is 1. The van der Waals surface area contributed by atoms with Crippen LogP contribution in [0.5, 0.6) is 0 Å². The Labute approximate surface area is 115 Å². The van der Waals surface area contributed by atoms with Crippen molar-refractivity contribution in [1.82, 2.24) is 5.32 Å². The van der Waals surface area contributed by atoms with E-state index in [4.69, 9.17) is 5.11 Å². The number of aliphatic hydroxyl groups is 1. The van der Waals surface area contributed by atoms with Crippen LogP contribution in [0, 0.1) is 11.8 Å². The van der Waals surface area contributed by atoms with E-state index in [1.54, 1.807) is 12.1 Å². The molecule has 1 amide bonds. The van der Waals surface area contributed by atoms with Crippen molar-refractivity contribution in [3.8, 4) is 11.8 Å². The second-order valence-corrected chi connectivity index (χ2v) is 7.51. The molecule has 1 unspecified atom stereocenters. The average molecular weight is 299 g/mol. The maximum atomic E-state index is 11.9. The molecule has 1 atom stereocenters. The molecule has 0 aromatic carbocycles. The zero-order valence-corrected chi connectivity index (χ0v) is 11.7. The van der Waals surface area contributed by atoms with Crippen molar-refractivity contribution in [2.75, 3.05) is 18.1 Å². The van der Waals surface area contributed by atoms with Crippen molar-refractivity contribution in [2.45, 2.75) is 12.5 Å². The Balaban J connectivity index is 1.99. The minimum Gasteiger partial charge on any atom is -0.384 e. The Morgan fingerprint density at radius 1 is 1.53 bits per heavy atom. The van der Waals surface area contributed by atoms with Gasteiger partial charge in [-0.25, -0.2) is 8.42 Å². The fourth-order valence-electron chi connectivity index (χ4n) is 1.82. The van der Waals surface area contributed by atoms with E-state index in [9.17, 15) is 13.2 Å². The Kier molecular flexibility index (Phi) is 4.24. The maximum absolute atomic E-state index is 11.9. The molecule has 1 aliphatic heterocycles. The van der Waals surface area contributed by atoms with Gasteiger partial charge in [0, 0.05) is 6.04 Å². The highest BCUT2D eigenvalue weighted by molar-refractivity contribution is 7.91. The molecule has 1 aromatic rings. The fraction of sp³-hybridized carbons (Fsp3) is 0.417. The molecule has 19 heavy (non-hydrogen) atoms. The summed E-state index contributed by atoms with van der Waals surface area (Å²) in [5.74, 6) is 5.10. The van der Waals surface area contributed by atoms with Crippen LogP contribution in [0.15, 0.2) is 12.1 Å². The van der Waals surface area contributed by atoms with Crippen LogP contribution in [-0.4, -0.2) is 43.6 Å². The molecule has 0 aliphatic carbocycles. The van der Waals surface area contributed by atoms with Crippen LogP contribution in [0.3, 0.4) is 0 Å². The van der Waals surface area contributed by atoms with Gasteiger partial charge in [0.1, 0.15) is 6.61 Å². The summed E-state index contributed by atoms with van der Waals surface area (Å²) in [6, 6.07) is 3.05. The molecule has 0 saturated carbocycles. The number of nitrogens with one attached hydrogen (secondary N) is 1. The molecular weight excluding hydrogens is 286 g/mol. The van der Waals surface area contributed by atoms with E-state index in [-0.39, 0.29) is 30.1 Å². The summed E-state index contributed by atoms with van der Waals surface area (Å²) in [6.07, 6.45) is 0.469. The number of hydrogen-bond donors (Lipinski definition) is 2. The normalized spacial score (nSPS) is 20.6. The first-order valence-corrected chi connectivity index (χ1v) is 8.35. The highest BCUT2D eigenvalue weighted by Crippen LogP contribution is 2.17. The van der Waals surface area contributed by atoms with E-state index >= 15 is 0 Å². The van der Waals surface area contributed by atoms with Gasteiger partial charge in [-0.05, 0) is 18.6 Å². The number of amides is 1. The summed E-state index contributed by atoms with van der Waals surface area (Å²) in [4.78, 5) is 13.1. The fourth-order valence-corrected chi connectivity index (χ4v) is 4.28. The predicted molar refractivity (Wildman–Crippen MR) is 72.8 cm³/mol. The van der Waals surface area contributed by atoms with Crippen LogP contribution in [0.25, 0.3) is 0 Å². The molecule has 2 heterocycles. The van der Waals surface area contributed by atoms with Gasteiger partial charge < -0.3 is 10.4 Å². The van der Waals surface area contributed by atoms with Crippen molar-refractivity contribution >= 4 is 27.1 Å². The van der Waals surface area contributed by atoms with E-state index in [1.165, 1.54) is 11.3 Å². The first kappa shape index (κ1) is 14.1. The molecule has 0 spiro atoms. The van der Waals surface area contributed by atoms with E-state index in [1.807, 2.05) is 0 Å². The molecule has 0 bridgehead atoms. The molecule has 5 nitrogen and oxygen atoms in total. The van der Waals surface area contributed by atoms with Crippen LogP contribution in [-0.2, 0) is 9.84 Å². The average Bonchev–Trinajstić information content (AvgIpc) is 2.93. The zero-order valence-electron chi connectivity index (χ0n) is 10.0.